The van der Waals surface area contributed by atoms with E-state index in [2.05, 4.69) is 44.5 Å². The monoisotopic (exact) mass is 322 g/mol. The topological polar surface area (TPSA) is 92.5 Å². The zero-order chi connectivity index (χ0) is 15.4. The highest BCUT2D eigenvalue weighted by molar-refractivity contribution is 7.99. The quantitative estimate of drug-likeness (QED) is 0.843. The van der Waals surface area contributed by atoms with E-state index in [0.717, 1.165) is 6.42 Å². The average molecular weight is 322 g/mol. The predicted octanol–water partition coefficient (Wildman–Crippen LogP) is 2.43. The van der Waals surface area contributed by atoms with Crippen LogP contribution in [0.3, 0.4) is 0 Å². The first kappa shape index (κ1) is 15.5. The first-order valence-electron chi connectivity index (χ1n) is 7.75. The number of nitrogens with one attached hydrogen (secondary N) is 2. The second kappa shape index (κ2) is 7.23. The largest absolute Gasteiger partial charge is 0.337 e. The van der Waals surface area contributed by atoms with Crippen LogP contribution < -0.4 is 5.32 Å². The highest BCUT2D eigenvalue weighted by atomic mass is 32.2. The van der Waals surface area contributed by atoms with Crippen LogP contribution in [-0.4, -0.2) is 42.9 Å². The molecule has 0 amide bonds. The van der Waals surface area contributed by atoms with Gasteiger partial charge in [0, 0.05) is 6.04 Å². The summed E-state index contributed by atoms with van der Waals surface area (Å²) in [5.74, 6) is 4.63. The molecule has 0 bridgehead atoms. The van der Waals surface area contributed by atoms with Crippen LogP contribution in [0.15, 0.2) is 10.9 Å². The van der Waals surface area contributed by atoms with Gasteiger partial charge in [-0.1, -0.05) is 19.0 Å². The molecular weight excluding hydrogens is 300 g/mol. The van der Waals surface area contributed by atoms with E-state index in [1.165, 1.54) is 30.7 Å². The molecule has 0 radical (unpaired) electrons. The van der Waals surface area contributed by atoms with Gasteiger partial charge in [-0.15, -0.1) is 0 Å². The third kappa shape index (κ3) is 3.86. The van der Waals surface area contributed by atoms with Crippen LogP contribution in [0.1, 0.15) is 45.0 Å². The number of aromatic nitrogens is 5. The molecule has 1 aliphatic heterocycles. The van der Waals surface area contributed by atoms with Crippen LogP contribution in [0.2, 0.25) is 0 Å². The summed E-state index contributed by atoms with van der Waals surface area (Å²) >= 11 is 2.03. The van der Waals surface area contributed by atoms with E-state index in [0.29, 0.717) is 29.5 Å². The van der Waals surface area contributed by atoms with Crippen molar-refractivity contribution in [2.45, 2.75) is 45.2 Å². The van der Waals surface area contributed by atoms with Crippen molar-refractivity contribution < 1.29 is 4.52 Å². The standard InChI is InChI=1S/C14H22N6OS/c1-9(2)7-11(17-10-3-5-22-6-4-10)14-18-13(20-21-14)12-15-8-16-19-12/h8-11,17H,3-7H2,1-2H3,(H,15,16,19). The van der Waals surface area contributed by atoms with Gasteiger partial charge in [0.15, 0.2) is 5.82 Å². The minimum Gasteiger partial charge on any atom is -0.337 e. The van der Waals surface area contributed by atoms with Crippen molar-refractivity contribution in [3.63, 3.8) is 0 Å². The SMILES string of the molecule is CC(C)CC(NC1CCSCC1)c1nc(-c2ncn[nH]2)no1. The molecule has 0 saturated carbocycles. The molecule has 2 aromatic rings. The van der Waals surface area contributed by atoms with Crippen molar-refractivity contribution in [1.82, 2.24) is 30.6 Å². The van der Waals surface area contributed by atoms with Crippen LogP contribution in [0, 0.1) is 5.92 Å². The van der Waals surface area contributed by atoms with Gasteiger partial charge in [-0.2, -0.15) is 21.8 Å². The Hall–Kier alpha value is -1.41. The summed E-state index contributed by atoms with van der Waals surface area (Å²) in [5.41, 5.74) is 0. The third-order valence-electron chi connectivity index (χ3n) is 3.73. The number of aromatic amines is 1. The molecule has 1 saturated heterocycles. The minimum atomic E-state index is 0.0947. The fourth-order valence-corrected chi connectivity index (χ4v) is 3.75. The molecule has 1 unspecified atom stereocenters. The number of thioether (sulfide) groups is 1. The van der Waals surface area contributed by atoms with E-state index in [1.54, 1.807) is 0 Å². The average Bonchev–Trinajstić information content (AvgIpc) is 3.18. The van der Waals surface area contributed by atoms with Crippen LogP contribution >= 0.6 is 11.8 Å². The van der Waals surface area contributed by atoms with Crippen LogP contribution in [-0.2, 0) is 0 Å². The first-order chi connectivity index (χ1) is 10.7. The van der Waals surface area contributed by atoms with E-state index < -0.39 is 0 Å². The Morgan fingerprint density at radius 1 is 1.41 bits per heavy atom. The van der Waals surface area contributed by atoms with Crippen molar-refractivity contribution >= 4 is 11.8 Å². The number of hydrogen-bond donors (Lipinski definition) is 2. The highest BCUT2D eigenvalue weighted by Gasteiger charge is 2.25. The van der Waals surface area contributed by atoms with Gasteiger partial charge in [-0.25, -0.2) is 4.98 Å². The Kier molecular flexibility index (Phi) is 5.09. The highest BCUT2D eigenvalue weighted by Crippen LogP contribution is 2.25. The van der Waals surface area contributed by atoms with Gasteiger partial charge in [0.05, 0.1) is 6.04 Å². The van der Waals surface area contributed by atoms with Gasteiger partial charge < -0.3 is 9.84 Å². The molecule has 3 rings (SSSR count). The first-order valence-corrected chi connectivity index (χ1v) is 8.91. The Morgan fingerprint density at radius 2 is 2.23 bits per heavy atom. The smallest absolute Gasteiger partial charge is 0.244 e. The second-order valence-corrected chi connectivity index (χ2v) is 7.25. The Labute approximate surface area is 134 Å². The molecule has 2 N–H and O–H groups in total. The molecule has 8 heteroatoms. The summed E-state index contributed by atoms with van der Waals surface area (Å²) < 4.78 is 5.48. The lowest BCUT2D eigenvalue weighted by molar-refractivity contribution is 0.280. The molecule has 120 valence electrons. The molecule has 3 heterocycles. The van der Waals surface area contributed by atoms with Crippen molar-refractivity contribution in [2.75, 3.05) is 11.5 Å². The summed E-state index contributed by atoms with van der Waals surface area (Å²) in [6, 6.07) is 0.628. The maximum Gasteiger partial charge on any atom is 0.244 e. The molecule has 1 aliphatic rings. The third-order valence-corrected chi connectivity index (χ3v) is 4.78. The van der Waals surface area contributed by atoms with Gasteiger partial charge in [0.25, 0.3) is 0 Å². The van der Waals surface area contributed by atoms with E-state index in [9.17, 15) is 0 Å². The van der Waals surface area contributed by atoms with Crippen molar-refractivity contribution in [1.29, 1.82) is 0 Å². The lowest BCUT2D eigenvalue weighted by Crippen LogP contribution is -2.36. The fraction of sp³-hybridized carbons (Fsp3) is 0.714. The second-order valence-electron chi connectivity index (χ2n) is 6.03. The lowest BCUT2D eigenvalue weighted by Gasteiger charge is -2.27. The van der Waals surface area contributed by atoms with Gasteiger partial charge in [0.1, 0.15) is 6.33 Å². The van der Waals surface area contributed by atoms with E-state index in [-0.39, 0.29) is 6.04 Å². The maximum absolute atomic E-state index is 5.48. The van der Waals surface area contributed by atoms with E-state index in [1.807, 2.05) is 11.8 Å². The number of nitrogens with zero attached hydrogens (tertiary/aromatic N) is 4. The van der Waals surface area contributed by atoms with Crippen molar-refractivity contribution in [3.05, 3.63) is 12.2 Å². The minimum absolute atomic E-state index is 0.0947. The molecule has 7 nitrogen and oxygen atoms in total. The van der Waals surface area contributed by atoms with Crippen LogP contribution in [0.4, 0.5) is 0 Å². The van der Waals surface area contributed by atoms with Gasteiger partial charge >= 0.3 is 0 Å². The van der Waals surface area contributed by atoms with Crippen LogP contribution in [0.5, 0.6) is 0 Å². The summed E-state index contributed by atoms with van der Waals surface area (Å²) in [6.07, 6.45) is 4.81. The Morgan fingerprint density at radius 3 is 2.91 bits per heavy atom. The molecule has 0 spiro atoms. The summed E-state index contributed by atoms with van der Waals surface area (Å²) in [4.78, 5) is 8.55. The Balaban J connectivity index is 1.73. The molecular formula is C14H22N6OS. The van der Waals surface area contributed by atoms with Gasteiger partial charge in [-0.3, -0.25) is 5.10 Å². The van der Waals surface area contributed by atoms with Crippen molar-refractivity contribution in [3.8, 4) is 11.6 Å². The number of hydrogen-bond acceptors (Lipinski definition) is 7. The normalized spacial score (nSPS) is 18.0. The van der Waals surface area contributed by atoms with E-state index >= 15 is 0 Å². The van der Waals surface area contributed by atoms with Gasteiger partial charge in [0.2, 0.25) is 11.7 Å². The lowest BCUT2D eigenvalue weighted by atomic mass is 10.0. The fourth-order valence-electron chi connectivity index (χ4n) is 2.65. The molecule has 2 aromatic heterocycles. The van der Waals surface area contributed by atoms with E-state index in [4.69, 9.17) is 4.52 Å². The molecule has 1 fully saturated rings. The summed E-state index contributed by atoms with van der Waals surface area (Å²) in [6.45, 7) is 4.41. The Bertz CT molecular complexity index is 564. The number of rotatable bonds is 6. The zero-order valence-electron chi connectivity index (χ0n) is 13.0. The van der Waals surface area contributed by atoms with Crippen LogP contribution in [0.25, 0.3) is 11.6 Å². The van der Waals surface area contributed by atoms with Crippen molar-refractivity contribution in [2.24, 2.45) is 5.92 Å². The molecule has 1 atom stereocenters. The maximum atomic E-state index is 5.48. The predicted molar refractivity (Wildman–Crippen MR) is 85.4 cm³/mol. The summed E-state index contributed by atoms with van der Waals surface area (Å²) in [5, 5.41) is 14.3. The zero-order valence-corrected chi connectivity index (χ0v) is 13.8. The molecule has 0 aliphatic carbocycles. The number of H-pyrrole nitrogens is 1. The summed E-state index contributed by atoms with van der Waals surface area (Å²) in [7, 11) is 0. The molecule has 22 heavy (non-hydrogen) atoms. The molecule has 0 aromatic carbocycles. The van der Waals surface area contributed by atoms with Gasteiger partial charge in [-0.05, 0) is 36.7 Å².